The number of hydrogen-bond donors (Lipinski definition) is 0. The highest BCUT2D eigenvalue weighted by Crippen LogP contribution is 2.27. The van der Waals surface area contributed by atoms with Crippen molar-refractivity contribution in [3.63, 3.8) is 0 Å². The molecule has 2 unspecified atom stereocenters. The van der Waals surface area contributed by atoms with Gasteiger partial charge in [-0.05, 0) is 31.3 Å². The van der Waals surface area contributed by atoms with E-state index in [1.807, 2.05) is 0 Å². The molecule has 1 heterocycles. The van der Waals surface area contributed by atoms with E-state index in [0.717, 1.165) is 18.4 Å². The molecule has 1 nitrogen and oxygen atoms in total. The summed E-state index contributed by atoms with van der Waals surface area (Å²) in [6.07, 6.45) is 8.52. The van der Waals surface area contributed by atoms with Crippen LogP contribution in [0.1, 0.15) is 26.2 Å². The molecule has 2 aliphatic rings. The van der Waals surface area contributed by atoms with Gasteiger partial charge in [-0.1, -0.05) is 13.0 Å². The topological polar surface area (TPSA) is 12.4 Å². The molecule has 0 saturated carbocycles. The Morgan fingerprint density at radius 3 is 3.36 bits per heavy atom. The van der Waals surface area contributed by atoms with Crippen molar-refractivity contribution in [2.45, 2.75) is 26.2 Å². The summed E-state index contributed by atoms with van der Waals surface area (Å²) in [6, 6.07) is 0. The summed E-state index contributed by atoms with van der Waals surface area (Å²) in [5.74, 6) is 1.57. The van der Waals surface area contributed by atoms with E-state index in [2.05, 4.69) is 24.1 Å². The average molecular weight is 149 g/mol. The van der Waals surface area contributed by atoms with E-state index in [4.69, 9.17) is 0 Å². The van der Waals surface area contributed by atoms with E-state index < -0.39 is 0 Å². The van der Waals surface area contributed by atoms with Gasteiger partial charge in [0.25, 0.3) is 0 Å². The highest BCUT2D eigenvalue weighted by Gasteiger charge is 2.22. The van der Waals surface area contributed by atoms with Gasteiger partial charge >= 0.3 is 0 Å². The zero-order valence-corrected chi connectivity index (χ0v) is 7.09. The van der Waals surface area contributed by atoms with E-state index in [9.17, 15) is 0 Å². The van der Waals surface area contributed by atoms with E-state index in [1.54, 1.807) is 0 Å². The molecule has 60 valence electrons. The molecule has 0 radical (unpaired) electrons. The molecular weight excluding hydrogens is 134 g/mol. The number of aliphatic imine (C=N–C) groups is 1. The van der Waals surface area contributed by atoms with Gasteiger partial charge in [-0.3, -0.25) is 4.99 Å². The Kier molecular flexibility index (Phi) is 1.80. The van der Waals surface area contributed by atoms with E-state index in [0.29, 0.717) is 0 Å². The fraction of sp³-hybridized carbons (Fsp3) is 0.700. The third-order valence-corrected chi connectivity index (χ3v) is 2.68. The van der Waals surface area contributed by atoms with Crippen molar-refractivity contribution >= 4 is 5.71 Å². The quantitative estimate of drug-likeness (QED) is 0.501. The molecule has 1 aliphatic heterocycles. The van der Waals surface area contributed by atoms with Gasteiger partial charge in [0.2, 0.25) is 0 Å². The van der Waals surface area contributed by atoms with E-state index >= 15 is 0 Å². The SMILES string of the molecule is CC1C=CC2=NCCCC2C1. The molecule has 2 rings (SSSR count). The van der Waals surface area contributed by atoms with Gasteiger partial charge in [-0.2, -0.15) is 0 Å². The van der Waals surface area contributed by atoms with Gasteiger partial charge in [0.15, 0.2) is 0 Å². The number of nitrogens with zero attached hydrogens (tertiary/aromatic N) is 1. The van der Waals surface area contributed by atoms with Crippen LogP contribution >= 0.6 is 0 Å². The fourth-order valence-electron chi connectivity index (χ4n) is 2.04. The number of rotatable bonds is 0. The van der Waals surface area contributed by atoms with Crippen molar-refractivity contribution in [1.29, 1.82) is 0 Å². The van der Waals surface area contributed by atoms with Crippen molar-refractivity contribution < 1.29 is 0 Å². The average Bonchev–Trinajstić information content (AvgIpc) is 2.04. The van der Waals surface area contributed by atoms with Gasteiger partial charge in [0.05, 0.1) is 0 Å². The van der Waals surface area contributed by atoms with Crippen LogP contribution in [0.5, 0.6) is 0 Å². The molecule has 1 heteroatoms. The number of allylic oxidation sites excluding steroid dienone is 2. The van der Waals surface area contributed by atoms with Crippen LogP contribution in [-0.4, -0.2) is 12.3 Å². The Bertz CT molecular complexity index is 203. The minimum absolute atomic E-state index is 0.775. The second kappa shape index (κ2) is 2.80. The van der Waals surface area contributed by atoms with Crippen LogP contribution in [-0.2, 0) is 0 Å². The normalized spacial score (nSPS) is 36.3. The standard InChI is InChI=1S/C10H15N/c1-8-4-5-10-9(7-8)3-2-6-11-10/h4-5,8-9H,2-3,6-7H2,1H3. The molecule has 1 aliphatic carbocycles. The first kappa shape index (κ1) is 7.08. The highest BCUT2D eigenvalue weighted by molar-refractivity contribution is 5.97. The summed E-state index contributed by atoms with van der Waals surface area (Å²) in [7, 11) is 0. The Hall–Kier alpha value is -0.590. The summed E-state index contributed by atoms with van der Waals surface area (Å²) >= 11 is 0. The summed E-state index contributed by atoms with van der Waals surface area (Å²) < 4.78 is 0. The van der Waals surface area contributed by atoms with Crippen LogP contribution in [0.4, 0.5) is 0 Å². The Morgan fingerprint density at radius 1 is 1.55 bits per heavy atom. The molecule has 0 N–H and O–H groups in total. The second-order valence-corrected chi connectivity index (χ2v) is 3.72. The first-order valence-electron chi connectivity index (χ1n) is 4.59. The molecule has 2 atom stereocenters. The minimum Gasteiger partial charge on any atom is -0.289 e. The highest BCUT2D eigenvalue weighted by atomic mass is 14.8. The first-order valence-corrected chi connectivity index (χ1v) is 4.59. The molecule has 0 bridgehead atoms. The van der Waals surface area contributed by atoms with Crippen LogP contribution in [0.25, 0.3) is 0 Å². The van der Waals surface area contributed by atoms with Gasteiger partial charge in [-0.25, -0.2) is 0 Å². The minimum atomic E-state index is 0.775. The van der Waals surface area contributed by atoms with Crippen molar-refractivity contribution in [1.82, 2.24) is 0 Å². The largest absolute Gasteiger partial charge is 0.289 e. The first-order chi connectivity index (χ1) is 5.36. The molecule has 0 amide bonds. The van der Waals surface area contributed by atoms with E-state index in [-0.39, 0.29) is 0 Å². The van der Waals surface area contributed by atoms with E-state index in [1.165, 1.54) is 25.0 Å². The maximum Gasteiger partial charge on any atom is 0.0392 e. The lowest BCUT2D eigenvalue weighted by Crippen LogP contribution is -2.23. The molecule has 11 heavy (non-hydrogen) atoms. The van der Waals surface area contributed by atoms with Crippen LogP contribution < -0.4 is 0 Å². The van der Waals surface area contributed by atoms with Crippen molar-refractivity contribution in [2.24, 2.45) is 16.8 Å². The van der Waals surface area contributed by atoms with Crippen LogP contribution in [0.2, 0.25) is 0 Å². The summed E-state index contributed by atoms with van der Waals surface area (Å²) in [4.78, 5) is 4.52. The summed E-state index contributed by atoms with van der Waals surface area (Å²) in [5.41, 5.74) is 1.37. The van der Waals surface area contributed by atoms with Gasteiger partial charge < -0.3 is 0 Å². The monoisotopic (exact) mass is 149 g/mol. The third kappa shape index (κ3) is 1.37. The predicted octanol–water partition coefficient (Wildman–Crippen LogP) is 2.43. The zero-order valence-electron chi connectivity index (χ0n) is 7.09. The van der Waals surface area contributed by atoms with Crippen molar-refractivity contribution in [2.75, 3.05) is 6.54 Å². The number of fused-ring (bicyclic) bond motifs is 1. The Labute approximate surface area is 68.2 Å². The molecule has 0 spiro atoms. The lowest BCUT2D eigenvalue weighted by atomic mass is 9.82. The van der Waals surface area contributed by atoms with Gasteiger partial charge in [-0.15, -0.1) is 0 Å². The fourth-order valence-corrected chi connectivity index (χ4v) is 2.04. The smallest absolute Gasteiger partial charge is 0.0392 e. The number of hydrogen-bond acceptors (Lipinski definition) is 1. The Morgan fingerprint density at radius 2 is 2.45 bits per heavy atom. The van der Waals surface area contributed by atoms with Crippen LogP contribution in [0, 0.1) is 11.8 Å². The molecule has 0 fully saturated rings. The van der Waals surface area contributed by atoms with Crippen LogP contribution in [0.3, 0.4) is 0 Å². The lowest BCUT2D eigenvalue weighted by molar-refractivity contribution is 0.469. The third-order valence-electron chi connectivity index (χ3n) is 2.68. The van der Waals surface area contributed by atoms with Gasteiger partial charge in [0, 0.05) is 18.2 Å². The summed E-state index contributed by atoms with van der Waals surface area (Å²) in [6.45, 7) is 3.35. The van der Waals surface area contributed by atoms with Crippen LogP contribution in [0.15, 0.2) is 17.1 Å². The molecule has 0 aromatic heterocycles. The molecule has 0 aromatic rings. The zero-order chi connectivity index (χ0) is 7.68. The molecule has 0 saturated heterocycles. The predicted molar refractivity (Wildman–Crippen MR) is 47.9 cm³/mol. The molecule has 0 aromatic carbocycles. The maximum absolute atomic E-state index is 4.52. The lowest BCUT2D eigenvalue weighted by Gasteiger charge is -2.26. The Balaban J connectivity index is 2.20. The maximum atomic E-state index is 4.52. The van der Waals surface area contributed by atoms with Crippen molar-refractivity contribution in [3.8, 4) is 0 Å². The summed E-state index contributed by atoms with van der Waals surface area (Å²) in [5, 5.41) is 0. The van der Waals surface area contributed by atoms with Gasteiger partial charge in [0.1, 0.15) is 0 Å². The van der Waals surface area contributed by atoms with Crippen molar-refractivity contribution in [3.05, 3.63) is 12.2 Å². The molecular formula is C10H15N. The second-order valence-electron chi connectivity index (χ2n) is 3.72.